The molecule has 0 fully saturated rings. The summed E-state index contributed by atoms with van der Waals surface area (Å²) in [4.78, 5) is 2.65. The third-order valence-corrected chi connectivity index (χ3v) is 16.2. The molecule has 14 rings (SSSR count). The minimum atomic E-state index is -0.187. The van der Waals surface area contributed by atoms with Gasteiger partial charge >= 0.3 is 6.85 Å². The molecule has 0 saturated carbocycles. The van der Waals surface area contributed by atoms with Gasteiger partial charge in [-0.25, -0.2) is 0 Å². The van der Waals surface area contributed by atoms with E-state index < -0.39 is 0 Å². The predicted molar refractivity (Wildman–Crippen MR) is 283 cm³/mol. The zero-order valence-electron chi connectivity index (χ0n) is 38.9. The van der Waals surface area contributed by atoms with Crippen LogP contribution in [0.1, 0.15) is 79.0 Å². The van der Waals surface area contributed by atoms with Gasteiger partial charge in [-0.3, -0.25) is 0 Å². The Hall–Kier alpha value is -6.76. The first-order valence-corrected chi connectivity index (χ1v) is 24.3. The number of hydrogen-bond acceptors (Lipinski definition) is 4. The number of para-hydroxylation sites is 1. The normalized spacial score (nSPS) is 14.1. The molecule has 0 N–H and O–H groups in total. The van der Waals surface area contributed by atoms with E-state index in [4.69, 9.17) is 8.83 Å². The number of aromatic nitrogens is 1. The second kappa shape index (κ2) is 12.6. The minimum absolute atomic E-state index is 0.00761. The second-order valence-electron chi connectivity index (χ2n) is 22.1. The summed E-state index contributed by atoms with van der Waals surface area (Å²) >= 11 is 1.94. The fraction of sp³-hybridized carbons (Fsp3) is 0.200. The van der Waals surface area contributed by atoms with Crippen molar-refractivity contribution < 1.29 is 8.83 Å². The maximum absolute atomic E-state index is 6.99. The van der Waals surface area contributed by atoms with Crippen molar-refractivity contribution in [1.82, 2.24) is 4.57 Å². The van der Waals surface area contributed by atoms with E-state index in [0.29, 0.717) is 0 Å². The quantitative estimate of drug-likeness (QED) is 0.154. The molecule has 6 heteroatoms. The van der Waals surface area contributed by atoms with Crippen molar-refractivity contribution in [3.05, 3.63) is 150 Å². The lowest BCUT2D eigenvalue weighted by Gasteiger charge is -2.42. The standard InChI is InChI=1S/C60H49BN2O2S/c1-58(2,3)32-18-22-35(23-19-32)63-45-28-39-37-24-20-34(60(7,8)9)27-48(37)65-49(39)30-42(45)52-53-38-15-11-13-17-51(38)66-57(53)54-41-26-33(59(4,5)6)21-25-44(41)62-46-29-40-36-14-10-12-16-47(36)64-50(40)31-43(46)61(63)55(52)56(54)62/h10-31H,1-9H3. The van der Waals surface area contributed by atoms with Crippen molar-refractivity contribution in [1.29, 1.82) is 0 Å². The topological polar surface area (TPSA) is 34.5 Å². The summed E-state index contributed by atoms with van der Waals surface area (Å²) in [5.41, 5.74) is 18.6. The molecule has 4 aromatic heterocycles. The van der Waals surface area contributed by atoms with Crippen LogP contribution in [-0.2, 0) is 16.2 Å². The van der Waals surface area contributed by atoms with Crippen LogP contribution < -0.4 is 15.7 Å². The highest BCUT2D eigenvalue weighted by atomic mass is 32.1. The summed E-state index contributed by atoms with van der Waals surface area (Å²) in [6.07, 6.45) is 0. The van der Waals surface area contributed by atoms with E-state index in [-0.39, 0.29) is 23.1 Å². The van der Waals surface area contributed by atoms with Crippen LogP contribution in [0.25, 0.3) is 103 Å². The molecule has 4 nitrogen and oxygen atoms in total. The van der Waals surface area contributed by atoms with Crippen molar-refractivity contribution in [2.75, 3.05) is 4.81 Å². The Morgan fingerprint density at radius 2 is 1.09 bits per heavy atom. The number of fused-ring (bicyclic) bond motifs is 19. The Morgan fingerprint density at radius 1 is 0.485 bits per heavy atom. The average Bonchev–Trinajstić information content (AvgIpc) is 4.04. The maximum atomic E-state index is 6.99. The highest BCUT2D eigenvalue weighted by molar-refractivity contribution is 7.27. The van der Waals surface area contributed by atoms with Gasteiger partial charge < -0.3 is 18.2 Å². The minimum Gasteiger partial charge on any atom is -0.456 e. The van der Waals surface area contributed by atoms with E-state index in [1.54, 1.807) is 0 Å². The van der Waals surface area contributed by atoms with Gasteiger partial charge in [-0.05, 0) is 116 Å². The summed E-state index contributed by atoms with van der Waals surface area (Å²) in [6.45, 7) is 20.5. The molecule has 8 aromatic carbocycles. The molecule has 2 aliphatic heterocycles. The molecule has 0 radical (unpaired) electrons. The first-order chi connectivity index (χ1) is 31.6. The van der Waals surface area contributed by atoms with Crippen molar-refractivity contribution in [3.8, 4) is 16.8 Å². The van der Waals surface area contributed by atoms with Crippen molar-refractivity contribution in [3.63, 3.8) is 0 Å². The van der Waals surface area contributed by atoms with Crippen molar-refractivity contribution in [2.45, 2.75) is 78.6 Å². The van der Waals surface area contributed by atoms with E-state index in [1.165, 1.54) is 92.1 Å². The monoisotopic (exact) mass is 872 g/mol. The highest BCUT2D eigenvalue weighted by Gasteiger charge is 2.46. The van der Waals surface area contributed by atoms with E-state index in [0.717, 1.165) is 49.6 Å². The van der Waals surface area contributed by atoms with Crippen LogP contribution >= 0.6 is 11.3 Å². The number of hydrogen-bond donors (Lipinski definition) is 0. The number of furan rings is 2. The fourth-order valence-electron chi connectivity index (χ4n) is 11.6. The summed E-state index contributed by atoms with van der Waals surface area (Å²) < 4.78 is 19.1. The molecule has 0 bridgehead atoms. The van der Waals surface area contributed by atoms with Crippen LogP contribution in [0.4, 0.5) is 11.4 Å². The molecule has 0 unspecified atom stereocenters. The second-order valence-corrected chi connectivity index (χ2v) is 23.2. The molecular formula is C60H49BN2O2S. The lowest BCUT2D eigenvalue weighted by molar-refractivity contribution is 0.587. The van der Waals surface area contributed by atoms with Gasteiger partial charge in [0.05, 0.1) is 11.0 Å². The van der Waals surface area contributed by atoms with Gasteiger partial charge in [0, 0.05) is 75.1 Å². The smallest absolute Gasteiger partial charge is 0.333 e. The summed E-state index contributed by atoms with van der Waals surface area (Å²) in [5, 5.41) is 9.80. The first-order valence-electron chi connectivity index (χ1n) is 23.4. The van der Waals surface area contributed by atoms with Gasteiger partial charge in [-0.15, -0.1) is 11.3 Å². The molecule has 0 atom stereocenters. The molecule has 66 heavy (non-hydrogen) atoms. The maximum Gasteiger partial charge on any atom is 0.333 e. The van der Waals surface area contributed by atoms with Gasteiger partial charge in [0.1, 0.15) is 22.3 Å². The van der Waals surface area contributed by atoms with Crippen LogP contribution in [0, 0.1) is 0 Å². The third-order valence-electron chi connectivity index (χ3n) is 15.0. The van der Waals surface area contributed by atoms with Gasteiger partial charge in [0.15, 0.2) is 0 Å². The predicted octanol–water partition coefficient (Wildman–Crippen LogP) is 16.1. The largest absolute Gasteiger partial charge is 0.456 e. The number of nitrogens with zero attached hydrogens (tertiary/aromatic N) is 2. The van der Waals surface area contributed by atoms with Gasteiger partial charge in [-0.2, -0.15) is 0 Å². The van der Waals surface area contributed by atoms with Gasteiger partial charge in [-0.1, -0.05) is 129 Å². The van der Waals surface area contributed by atoms with E-state index >= 15 is 0 Å². The number of benzene rings is 8. The third kappa shape index (κ3) is 5.06. The lowest BCUT2D eigenvalue weighted by Crippen LogP contribution is -2.60. The van der Waals surface area contributed by atoms with Crippen LogP contribution in [0.15, 0.2) is 142 Å². The molecule has 12 aromatic rings. The number of rotatable bonds is 1. The first kappa shape index (κ1) is 38.5. The van der Waals surface area contributed by atoms with Crippen LogP contribution in [0.5, 0.6) is 0 Å². The Bertz CT molecular complexity index is 4120. The zero-order valence-corrected chi connectivity index (χ0v) is 39.7. The number of thiophene rings is 1. The molecule has 0 saturated heterocycles. The van der Waals surface area contributed by atoms with E-state index in [1.807, 2.05) is 11.3 Å². The molecule has 0 aliphatic carbocycles. The average molecular weight is 873 g/mol. The lowest BCUT2D eigenvalue weighted by atomic mass is 9.43. The van der Waals surface area contributed by atoms with Crippen molar-refractivity contribution in [2.24, 2.45) is 0 Å². The Kier molecular flexibility index (Phi) is 7.33. The van der Waals surface area contributed by atoms with Gasteiger partial charge in [0.25, 0.3) is 0 Å². The zero-order chi connectivity index (χ0) is 44.9. The highest BCUT2D eigenvalue weighted by Crippen LogP contribution is 2.54. The van der Waals surface area contributed by atoms with Crippen LogP contribution in [-0.4, -0.2) is 11.4 Å². The van der Waals surface area contributed by atoms with E-state index in [9.17, 15) is 0 Å². The SMILES string of the molecule is CC(C)(C)c1ccc(N2B3c4cc5oc6ccccc6c5cc4-n4c5ccc(C(C)(C)C)cc5c5c6sc7ccccc7c6c(c3c54)-c3cc4oc5cc(C(C)(C)C)ccc5c4cc32)cc1. The van der Waals surface area contributed by atoms with Crippen molar-refractivity contribution >= 4 is 126 Å². The Morgan fingerprint density at radius 3 is 1.85 bits per heavy atom. The molecule has 0 amide bonds. The van der Waals surface area contributed by atoms with Crippen LogP contribution in [0.2, 0.25) is 0 Å². The molecule has 2 aliphatic rings. The molecular weight excluding hydrogens is 824 g/mol. The summed E-state index contributed by atoms with van der Waals surface area (Å²) in [6, 6.07) is 50.7. The van der Waals surface area contributed by atoms with Crippen LogP contribution in [0.3, 0.4) is 0 Å². The fourth-order valence-corrected chi connectivity index (χ4v) is 12.9. The van der Waals surface area contributed by atoms with E-state index in [2.05, 4.69) is 205 Å². The molecule has 320 valence electrons. The Labute approximate surface area is 388 Å². The number of anilines is 2. The summed E-state index contributed by atoms with van der Waals surface area (Å²) in [5.74, 6) is 0. The van der Waals surface area contributed by atoms with Gasteiger partial charge in [0.2, 0.25) is 0 Å². The molecule has 0 spiro atoms. The molecule has 6 heterocycles. The Balaban J connectivity index is 1.22. The summed E-state index contributed by atoms with van der Waals surface area (Å²) in [7, 11) is 0.